The predicted octanol–water partition coefficient (Wildman–Crippen LogP) is 17.6. The summed E-state index contributed by atoms with van der Waals surface area (Å²) >= 11 is 0. The van der Waals surface area contributed by atoms with E-state index in [4.69, 9.17) is 4.42 Å². The molecule has 0 N–H and O–H groups in total. The van der Waals surface area contributed by atoms with Crippen molar-refractivity contribution in [1.82, 2.24) is 0 Å². The molecule has 0 saturated heterocycles. The van der Waals surface area contributed by atoms with E-state index >= 15 is 0 Å². The maximum absolute atomic E-state index is 6.93. The quantitative estimate of drug-likeness (QED) is 0.166. The Hall–Kier alpha value is -8.72. The van der Waals surface area contributed by atoms with Gasteiger partial charge in [-0.15, -0.1) is 0 Å². The van der Waals surface area contributed by atoms with Crippen molar-refractivity contribution in [3.8, 4) is 55.6 Å². The van der Waals surface area contributed by atoms with Crippen LogP contribution in [0.4, 0.5) is 17.1 Å². The molecule has 1 aromatic heterocycles. The second-order valence-corrected chi connectivity index (χ2v) is 17.9. The van der Waals surface area contributed by atoms with Gasteiger partial charge in [-0.05, 0) is 114 Å². The highest BCUT2D eigenvalue weighted by molar-refractivity contribution is 6.14. The van der Waals surface area contributed by atoms with Crippen LogP contribution in [0, 0.1) is 0 Å². The molecule has 1 heterocycles. The number of furan rings is 1. The van der Waals surface area contributed by atoms with E-state index in [-0.39, 0.29) is 0 Å². The third-order valence-electron chi connectivity index (χ3n) is 14.5. The van der Waals surface area contributed by atoms with Crippen LogP contribution in [0.3, 0.4) is 0 Å². The molecule has 0 fully saturated rings. The average molecular weight is 852 g/mol. The maximum Gasteiger partial charge on any atom is 0.143 e. The molecule has 0 aliphatic heterocycles. The van der Waals surface area contributed by atoms with Gasteiger partial charge in [-0.2, -0.15) is 0 Å². The predicted molar refractivity (Wildman–Crippen MR) is 279 cm³/mol. The summed E-state index contributed by atoms with van der Waals surface area (Å²) < 4.78 is 6.93. The second-order valence-electron chi connectivity index (χ2n) is 17.9. The maximum atomic E-state index is 6.93. The van der Waals surface area contributed by atoms with Crippen LogP contribution < -0.4 is 4.90 Å². The Morgan fingerprint density at radius 3 is 1.55 bits per heavy atom. The van der Waals surface area contributed by atoms with Gasteiger partial charge in [-0.3, -0.25) is 0 Å². The van der Waals surface area contributed by atoms with Crippen LogP contribution in [0.15, 0.2) is 253 Å². The van der Waals surface area contributed by atoms with Crippen LogP contribution in [0.25, 0.3) is 88.3 Å². The van der Waals surface area contributed by atoms with Crippen molar-refractivity contribution in [3.63, 3.8) is 0 Å². The van der Waals surface area contributed by atoms with E-state index in [2.05, 4.69) is 254 Å². The highest BCUT2D eigenvalue weighted by atomic mass is 16.3. The molecule has 2 aliphatic carbocycles. The minimum absolute atomic E-state index is 0.475. The highest BCUT2D eigenvalue weighted by Crippen LogP contribution is 2.65. The van der Waals surface area contributed by atoms with Crippen LogP contribution in [-0.4, -0.2) is 0 Å². The van der Waals surface area contributed by atoms with E-state index in [1.807, 2.05) is 0 Å². The van der Waals surface area contributed by atoms with Gasteiger partial charge < -0.3 is 9.32 Å². The van der Waals surface area contributed by atoms with Crippen LogP contribution in [0.1, 0.15) is 22.3 Å². The lowest BCUT2D eigenvalue weighted by atomic mass is 9.70. The minimum Gasteiger partial charge on any atom is -0.455 e. The molecule has 67 heavy (non-hydrogen) atoms. The number of anilines is 3. The van der Waals surface area contributed by atoms with Crippen LogP contribution in [-0.2, 0) is 5.41 Å². The Morgan fingerprint density at radius 1 is 0.313 bits per heavy atom. The number of fused-ring (bicyclic) bond motifs is 14. The first-order valence-corrected chi connectivity index (χ1v) is 23.2. The summed E-state index contributed by atoms with van der Waals surface area (Å²) in [6, 6.07) is 91.2. The average Bonchev–Trinajstić information content (AvgIpc) is 4.03. The summed E-state index contributed by atoms with van der Waals surface area (Å²) in [5, 5.41) is 4.60. The fourth-order valence-corrected chi connectivity index (χ4v) is 11.6. The molecule has 2 aliphatic rings. The van der Waals surface area contributed by atoms with Gasteiger partial charge in [-0.25, -0.2) is 0 Å². The number of benzene rings is 11. The molecule has 0 saturated carbocycles. The molecule has 12 aromatic rings. The number of hydrogen-bond acceptors (Lipinski definition) is 2. The zero-order chi connectivity index (χ0) is 44.1. The third-order valence-corrected chi connectivity index (χ3v) is 14.5. The van der Waals surface area contributed by atoms with Gasteiger partial charge in [0.05, 0.1) is 16.8 Å². The molecular weight excluding hydrogens is 811 g/mol. The van der Waals surface area contributed by atoms with Crippen molar-refractivity contribution in [2.24, 2.45) is 0 Å². The first-order chi connectivity index (χ1) is 33.2. The summed E-state index contributed by atoms with van der Waals surface area (Å²) in [5.74, 6) is 0. The molecule has 0 unspecified atom stereocenters. The Bertz CT molecular complexity index is 3890. The van der Waals surface area contributed by atoms with Gasteiger partial charge in [0.15, 0.2) is 0 Å². The van der Waals surface area contributed by atoms with Crippen molar-refractivity contribution in [1.29, 1.82) is 0 Å². The standard InChI is InChI=1S/C65H41NO/c1-2-17-42(18-3-1)44-21-14-22-45(39-44)43-35-37-48(38-36-43)66(60-33-13-9-25-51(60)52-27-15-28-53-55-40-46-19-4-5-20-47(46)41-62(55)67-64(52)53)61-34-16-32-59-63(61)54-26-8-12-31-58(54)65(59)56-29-10-6-23-49(56)50-24-7-11-30-57(50)65/h1-41H. The van der Waals surface area contributed by atoms with Crippen LogP contribution in [0.2, 0.25) is 0 Å². The van der Waals surface area contributed by atoms with Gasteiger partial charge >= 0.3 is 0 Å². The van der Waals surface area contributed by atoms with Gasteiger partial charge in [0, 0.05) is 33.2 Å². The highest BCUT2D eigenvalue weighted by Gasteiger charge is 2.52. The normalized spacial score (nSPS) is 12.9. The first kappa shape index (κ1) is 37.6. The summed E-state index contributed by atoms with van der Waals surface area (Å²) in [6.07, 6.45) is 0. The molecule has 312 valence electrons. The summed E-state index contributed by atoms with van der Waals surface area (Å²) in [6.45, 7) is 0. The molecule has 0 radical (unpaired) electrons. The monoisotopic (exact) mass is 851 g/mol. The molecule has 0 amide bonds. The van der Waals surface area contributed by atoms with Gasteiger partial charge in [0.1, 0.15) is 11.2 Å². The van der Waals surface area contributed by atoms with Crippen molar-refractivity contribution < 1.29 is 4.42 Å². The van der Waals surface area contributed by atoms with Crippen molar-refractivity contribution in [2.45, 2.75) is 5.41 Å². The fraction of sp³-hybridized carbons (Fsp3) is 0.0154. The third kappa shape index (κ3) is 5.51. The lowest BCUT2D eigenvalue weighted by molar-refractivity contribution is 0.670. The number of para-hydroxylation sites is 2. The number of nitrogens with zero attached hydrogens (tertiary/aromatic N) is 1. The molecular formula is C65H41NO. The minimum atomic E-state index is -0.475. The van der Waals surface area contributed by atoms with E-state index in [0.29, 0.717) is 0 Å². The van der Waals surface area contributed by atoms with Crippen molar-refractivity contribution >= 4 is 49.8 Å². The fourth-order valence-electron chi connectivity index (χ4n) is 11.6. The molecule has 1 spiro atoms. The summed E-state index contributed by atoms with van der Waals surface area (Å²) in [4.78, 5) is 2.50. The zero-order valence-corrected chi connectivity index (χ0v) is 36.5. The zero-order valence-electron chi connectivity index (χ0n) is 36.5. The van der Waals surface area contributed by atoms with Crippen LogP contribution in [0.5, 0.6) is 0 Å². The number of hydrogen-bond donors (Lipinski definition) is 0. The molecule has 0 bridgehead atoms. The topological polar surface area (TPSA) is 16.4 Å². The second kappa shape index (κ2) is 14.7. The first-order valence-electron chi connectivity index (χ1n) is 23.2. The van der Waals surface area contributed by atoms with Gasteiger partial charge in [0.2, 0.25) is 0 Å². The SMILES string of the molecule is c1ccc(-c2cccc(-c3ccc(N(c4ccccc4-c4cccc5c4oc4cc6ccccc6cc45)c4cccc5c4-c4ccccc4C54c5ccccc5-c5ccccc54)cc3)c2)cc1. The van der Waals surface area contributed by atoms with Crippen molar-refractivity contribution in [2.75, 3.05) is 4.90 Å². The number of rotatable bonds is 6. The molecule has 14 rings (SSSR count). The van der Waals surface area contributed by atoms with E-state index in [1.165, 1.54) is 72.0 Å². The molecule has 2 heteroatoms. The molecule has 0 atom stereocenters. The van der Waals surface area contributed by atoms with Crippen LogP contribution >= 0.6 is 0 Å². The van der Waals surface area contributed by atoms with Gasteiger partial charge in [-0.1, -0.05) is 206 Å². The molecule has 2 nitrogen and oxygen atoms in total. The Morgan fingerprint density at radius 2 is 0.821 bits per heavy atom. The Kier molecular flexibility index (Phi) is 8.23. The lowest BCUT2D eigenvalue weighted by Gasteiger charge is -2.32. The van der Waals surface area contributed by atoms with E-state index in [0.717, 1.165) is 55.7 Å². The summed E-state index contributed by atoms with van der Waals surface area (Å²) in [7, 11) is 0. The Balaban J connectivity index is 1.01. The largest absolute Gasteiger partial charge is 0.455 e. The lowest BCUT2D eigenvalue weighted by Crippen LogP contribution is -2.26. The van der Waals surface area contributed by atoms with E-state index < -0.39 is 5.41 Å². The van der Waals surface area contributed by atoms with E-state index in [9.17, 15) is 0 Å². The Labute approximate surface area is 389 Å². The van der Waals surface area contributed by atoms with E-state index in [1.54, 1.807) is 0 Å². The smallest absolute Gasteiger partial charge is 0.143 e. The molecule has 11 aromatic carbocycles. The van der Waals surface area contributed by atoms with Gasteiger partial charge in [0.25, 0.3) is 0 Å². The van der Waals surface area contributed by atoms with Crippen molar-refractivity contribution in [3.05, 3.63) is 271 Å². The summed E-state index contributed by atoms with van der Waals surface area (Å²) in [5.41, 5.74) is 21.8.